The van der Waals surface area contributed by atoms with E-state index in [9.17, 15) is 0 Å². The molecular formula is C12H22N2S. The van der Waals surface area contributed by atoms with Crippen LogP contribution in [0.1, 0.15) is 25.7 Å². The Kier molecular flexibility index (Phi) is 3.23. The maximum atomic E-state index is 3.84. The Morgan fingerprint density at radius 3 is 3.07 bits per heavy atom. The van der Waals surface area contributed by atoms with E-state index in [1.54, 1.807) is 0 Å². The van der Waals surface area contributed by atoms with Gasteiger partial charge in [0.15, 0.2) is 0 Å². The Bertz CT molecular complexity index is 216. The van der Waals surface area contributed by atoms with Crippen LogP contribution in [0.4, 0.5) is 0 Å². The van der Waals surface area contributed by atoms with E-state index in [1.165, 1.54) is 56.8 Å². The van der Waals surface area contributed by atoms with Crippen LogP contribution in [0, 0.1) is 5.92 Å². The molecule has 15 heavy (non-hydrogen) atoms. The second kappa shape index (κ2) is 4.64. The normalized spacial score (nSPS) is 41.2. The van der Waals surface area contributed by atoms with E-state index in [0.717, 1.165) is 18.0 Å². The van der Waals surface area contributed by atoms with Gasteiger partial charge in [0.2, 0.25) is 0 Å². The fourth-order valence-corrected chi connectivity index (χ4v) is 4.67. The van der Waals surface area contributed by atoms with Crippen molar-refractivity contribution in [2.45, 2.75) is 37.8 Å². The average molecular weight is 226 g/mol. The summed E-state index contributed by atoms with van der Waals surface area (Å²) in [5.74, 6) is 3.76. The first-order valence-electron chi connectivity index (χ1n) is 6.48. The van der Waals surface area contributed by atoms with Gasteiger partial charge in [0.25, 0.3) is 0 Å². The maximum absolute atomic E-state index is 3.84. The summed E-state index contributed by atoms with van der Waals surface area (Å²) >= 11 is 2.13. The molecule has 0 aromatic rings. The van der Waals surface area contributed by atoms with Gasteiger partial charge in [-0.05, 0) is 56.2 Å². The molecule has 0 spiro atoms. The summed E-state index contributed by atoms with van der Waals surface area (Å²) in [6.07, 6.45) is 5.71. The van der Waals surface area contributed by atoms with Crippen LogP contribution in [-0.4, -0.2) is 48.1 Å². The van der Waals surface area contributed by atoms with E-state index in [0.29, 0.717) is 0 Å². The molecule has 3 aliphatic rings. The molecule has 3 unspecified atom stereocenters. The molecule has 3 atom stereocenters. The summed E-state index contributed by atoms with van der Waals surface area (Å²) in [7, 11) is 0. The van der Waals surface area contributed by atoms with Crippen molar-refractivity contribution in [3.63, 3.8) is 0 Å². The first-order valence-corrected chi connectivity index (χ1v) is 7.64. The third-order valence-electron chi connectivity index (χ3n) is 4.30. The van der Waals surface area contributed by atoms with Crippen molar-refractivity contribution in [3.05, 3.63) is 0 Å². The molecule has 3 heteroatoms. The summed E-state index contributed by atoms with van der Waals surface area (Å²) in [5.41, 5.74) is 0. The summed E-state index contributed by atoms with van der Waals surface area (Å²) in [6, 6.07) is 1.71. The van der Waals surface area contributed by atoms with Gasteiger partial charge in [-0.3, -0.25) is 4.90 Å². The van der Waals surface area contributed by atoms with Crippen molar-refractivity contribution < 1.29 is 0 Å². The van der Waals surface area contributed by atoms with E-state index < -0.39 is 0 Å². The lowest BCUT2D eigenvalue weighted by Gasteiger charge is -2.22. The maximum Gasteiger partial charge on any atom is 0.0250 e. The van der Waals surface area contributed by atoms with Gasteiger partial charge in [0.05, 0.1) is 0 Å². The van der Waals surface area contributed by atoms with Crippen LogP contribution in [-0.2, 0) is 0 Å². The highest BCUT2D eigenvalue weighted by Gasteiger charge is 2.36. The lowest BCUT2D eigenvalue weighted by Crippen LogP contribution is -2.41. The molecule has 3 fully saturated rings. The molecule has 3 heterocycles. The monoisotopic (exact) mass is 226 g/mol. The summed E-state index contributed by atoms with van der Waals surface area (Å²) < 4.78 is 0. The molecule has 3 aliphatic heterocycles. The van der Waals surface area contributed by atoms with Crippen molar-refractivity contribution in [2.75, 3.05) is 31.1 Å². The van der Waals surface area contributed by atoms with E-state index in [2.05, 4.69) is 22.0 Å². The molecule has 2 nitrogen and oxygen atoms in total. The molecule has 0 bridgehead atoms. The second-order valence-electron chi connectivity index (χ2n) is 5.28. The van der Waals surface area contributed by atoms with Gasteiger partial charge in [-0.2, -0.15) is 11.8 Å². The van der Waals surface area contributed by atoms with Crippen LogP contribution in [0.2, 0.25) is 0 Å². The fraction of sp³-hybridized carbons (Fsp3) is 1.00. The van der Waals surface area contributed by atoms with Crippen molar-refractivity contribution in [2.24, 2.45) is 5.92 Å². The highest BCUT2D eigenvalue weighted by atomic mass is 32.2. The Balaban J connectivity index is 1.46. The molecule has 0 aliphatic carbocycles. The van der Waals surface area contributed by atoms with Crippen molar-refractivity contribution >= 4 is 11.8 Å². The number of fused-ring (bicyclic) bond motifs is 1. The number of rotatable bonds is 3. The Morgan fingerprint density at radius 1 is 1.20 bits per heavy atom. The lowest BCUT2D eigenvalue weighted by atomic mass is 10.0. The zero-order valence-corrected chi connectivity index (χ0v) is 10.3. The lowest BCUT2D eigenvalue weighted by molar-refractivity contribution is 0.294. The standard InChI is InChI=1S/C12H22N2S/c1-2-12-11(3-6-14(12)5-1)13-8-10-4-7-15-9-10/h10-13H,1-9H2. The summed E-state index contributed by atoms with van der Waals surface area (Å²) in [4.78, 5) is 2.70. The number of nitrogens with one attached hydrogen (secondary N) is 1. The van der Waals surface area contributed by atoms with E-state index in [4.69, 9.17) is 0 Å². The third kappa shape index (κ3) is 2.20. The summed E-state index contributed by atoms with van der Waals surface area (Å²) in [5, 5.41) is 3.84. The van der Waals surface area contributed by atoms with E-state index in [-0.39, 0.29) is 0 Å². The quantitative estimate of drug-likeness (QED) is 0.786. The van der Waals surface area contributed by atoms with Crippen LogP contribution in [0.15, 0.2) is 0 Å². The molecule has 0 aromatic heterocycles. The fourth-order valence-electron chi connectivity index (χ4n) is 3.38. The topological polar surface area (TPSA) is 15.3 Å². The SMILES string of the molecule is C1CC2C(NCC3CCSC3)CCN2C1. The Labute approximate surface area is 97.2 Å². The van der Waals surface area contributed by atoms with Crippen molar-refractivity contribution in [1.82, 2.24) is 10.2 Å². The number of hydrogen-bond donors (Lipinski definition) is 1. The van der Waals surface area contributed by atoms with Crippen LogP contribution in [0.5, 0.6) is 0 Å². The third-order valence-corrected chi connectivity index (χ3v) is 5.53. The highest BCUT2D eigenvalue weighted by molar-refractivity contribution is 7.99. The predicted molar refractivity (Wildman–Crippen MR) is 66.4 cm³/mol. The molecule has 3 saturated heterocycles. The van der Waals surface area contributed by atoms with Gasteiger partial charge in [-0.25, -0.2) is 0 Å². The molecule has 3 rings (SSSR count). The number of nitrogens with zero attached hydrogens (tertiary/aromatic N) is 1. The van der Waals surface area contributed by atoms with Crippen molar-refractivity contribution in [1.29, 1.82) is 0 Å². The first-order chi connectivity index (χ1) is 7.43. The minimum atomic E-state index is 0.818. The van der Waals surface area contributed by atoms with Crippen LogP contribution in [0.25, 0.3) is 0 Å². The zero-order chi connectivity index (χ0) is 10.1. The second-order valence-corrected chi connectivity index (χ2v) is 6.43. The van der Waals surface area contributed by atoms with Crippen LogP contribution in [0.3, 0.4) is 0 Å². The van der Waals surface area contributed by atoms with Gasteiger partial charge in [-0.1, -0.05) is 0 Å². The molecule has 0 aromatic carbocycles. The van der Waals surface area contributed by atoms with Gasteiger partial charge in [0, 0.05) is 18.6 Å². The Morgan fingerprint density at radius 2 is 2.20 bits per heavy atom. The number of hydrogen-bond acceptors (Lipinski definition) is 3. The molecule has 86 valence electrons. The largest absolute Gasteiger partial charge is 0.312 e. The highest BCUT2D eigenvalue weighted by Crippen LogP contribution is 2.29. The van der Waals surface area contributed by atoms with Crippen molar-refractivity contribution in [3.8, 4) is 0 Å². The molecule has 0 radical (unpaired) electrons. The predicted octanol–water partition coefficient (Wildman–Crippen LogP) is 1.57. The smallest absolute Gasteiger partial charge is 0.0250 e. The molecule has 0 saturated carbocycles. The average Bonchev–Trinajstić information content (AvgIpc) is 2.93. The summed E-state index contributed by atoms with van der Waals surface area (Å²) in [6.45, 7) is 3.99. The van der Waals surface area contributed by atoms with Gasteiger partial charge >= 0.3 is 0 Å². The van der Waals surface area contributed by atoms with Crippen LogP contribution >= 0.6 is 11.8 Å². The number of thioether (sulfide) groups is 1. The van der Waals surface area contributed by atoms with Gasteiger partial charge in [0.1, 0.15) is 0 Å². The van der Waals surface area contributed by atoms with Gasteiger partial charge in [-0.15, -0.1) is 0 Å². The van der Waals surface area contributed by atoms with E-state index >= 15 is 0 Å². The molecular weight excluding hydrogens is 204 g/mol. The van der Waals surface area contributed by atoms with Gasteiger partial charge < -0.3 is 5.32 Å². The first kappa shape index (κ1) is 10.4. The molecule has 0 amide bonds. The minimum absolute atomic E-state index is 0.818. The Hall–Kier alpha value is 0.270. The van der Waals surface area contributed by atoms with Crippen LogP contribution < -0.4 is 5.32 Å². The zero-order valence-electron chi connectivity index (χ0n) is 9.45. The molecule has 1 N–H and O–H groups in total. The van der Waals surface area contributed by atoms with E-state index in [1.807, 2.05) is 0 Å². The minimum Gasteiger partial charge on any atom is -0.312 e.